The average Bonchev–Trinajstić information content (AvgIpc) is 2.66. The Balaban J connectivity index is 2.83. The maximum absolute atomic E-state index is 13.5. The van der Waals surface area contributed by atoms with Gasteiger partial charge in [0.15, 0.2) is 0 Å². The SMILES string of the molecule is C[Si](C)(C)C([Si]C(c1ccccc1)c1ccccc1)([Si](C)(C)C)[Si](C)(C)OS(=O)(=O)C(F)(F)F. The van der Waals surface area contributed by atoms with Crippen LogP contribution in [-0.2, 0) is 14.0 Å². The van der Waals surface area contributed by atoms with Crippen LogP contribution >= 0.6 is 0 Å². The van der Waals surface area contributed by atoms with Crippen LogP contribution in [-0.4, -0.2) is 47.9 Å². The van der Waals surface area contributed by atoms with E-state index in [2.05, 4.69) is 39.3 Å². The number of rotatable bonds is 9. The zero-order chi connectivity index (χ0) is 26.2. The van der Waals surface area contributed by atoms with Crippen molar-refractivity contribution in [3.63, 3.8) is 0 Å². The van der Waals surface area contributed by atoms with Gasteiger partial charge in [0, 0.05) is 16.1 Å². The lowest BCUT2D eigenvalue weighted by Gasteiger charge is -2.59. The zero-order valence-corrected chi connectivity index (χ0v) is 25.9. The number of halogens is 3. The third-order valence-electron chi connectivity index (χ3n) is 6.38. The Hall–Kier alpha value is -0.992. The van der Waals surface area contributed by atoms with Crippen molar-refractivity contribution in [1.29, 1.82) is 0 Å². The Morgan fingerprint density at radius 2 is 1.09 bits per heavy atom. The summed E-state index contributed by atoms with van der Waals surface area (Å²) in [6.45, 7) is 16.3. The molecule has 2 aromatic carbocycles. The van der Waals surface area contributed by atoms with Gasteiger partial charge < -0.3 is 3.87 Å². The molecule has 0 spiro atoms. The lowest BCUT2D eigenvalue weighted by atomic mass is 10.0. The molecule has 0 aliphatic heterocycles. The van der Waals surface area contributed by atoms with Gasteiger partial charge in [-0.25, -0.2) is 0 Å². The average molecular weight is 561 g/mol. The summed E-state index contributed by atoms with van der Waals surface area (Å²) in [5.74, 6) is 0. The van der Waals surface area contributed by atoms with Gasteiger partial charge in [0.2, 0.25) is 8.32 Å². The molecule has 0 amide bonds. The molecule has 188 valence electrons. The van der Waals surface area contributed by atoms with Gasteiger partial charge in [-0.15, -0.1) is 0 Å². The van der Waals surface area contributed by atoms with Gasteiger partial charge in [0.05, 0.1) is 9.52 Å². The third-order valence-corrected chi connectivity index (χ3v) is 37.4. The second kappa shape index (κ2) is 9.81. The summed E-state index contributed by atoms with van der Waals surface area (Å²) in [6.07, 6.45) is 0. The maximum atomic E-state index is 13.5. The summed E-state index contributed by atoms with van der Waals surface area (Å²) in [5, 5.41) is 0. The molecular formula is C23H35F3O3SSi4. The molecule has 0 unspecified atom stereocenters. The van der Waals surface area contributed by atoms with Crippen LogP contribution in [0.4, 0.5) is 13.2 Å². The van der Waals surface area contributed by atoms with Crippen molar-refractivity contribution in [2.75, 3.05) is 0 Å². The molecule has 0 bridgehead atoms. The molecule has 2 rings (SSSR count). The van der Waals surface area contributed by atoms with Gasteiger partial charge in [-0.05, 0) is 33.7 Å². The van der Waals surface area contributed by atoms with Crippen LogP contribution in [0.2, 0.25) is 56.3 Å². The molecule has 2 aromatic rings. The fourth-order valence-corrected chi connectivity index (χ4v) is 40.7. The van der Waals surface area contributed by atoms with Gasteiger partial charge in [-0.1, -0.05) is 99.9 Å². The summed E-state index contributed by atoms with van der Waals surface area (Å²) in [6, 6.07) is 19.9. The van der Waals surface area contributed by atoms with E-state index in [0.29, 0.717) is 0 Å². The molecule has 0 aromatic heterocycles. The van der Waals surface area contributed by atoms with Crippen molar-refractivity contribution in [2.45, 2.75) is 67.3 Å². The van der Waals surface area contributed by atoms with Crippen molar-refractivity contribution in [2.24, 2.45) is 0 Å². The monoisotopic (exact) mass is 560 g/mol. The fraction of sp³-hybridized carbons (Fsp3) is 0.478. The van der Waals surface area contributed by atoms with Gasteiger partial charge >= 0.3 is 15.6 Å². The van der Waals surface area contributed by atoms with Crippen molar-refractivity contribution < 1.29 is 25.5 Å². The van der Waals surface area contributed by atoms with Crippen LogP contribution in [0.5, 0.6) is 0 Å². The summed E-state index contributed by atoms with van der Waals surface area (Å²) < 4.78 is 69.8. The minimum Gasteiger partial charge on any atom is -0.309 e. The van der Waals surface area contributed by atoms with E-state index in [9.17, 15) is 21.6 Å². The standard InChI is InChI=1S/C23H35F3O3SSi4/c1-32(2,3)23(33(4,5)6,34(7,8)29-30(27,28)22(24,25)26)31-21(19-15-11-9-12-16-19)20-17-13-10-14-18-20/h9-18,21H,1-8H3. The van der Waals surface area contributed by atoms with Crippen molar-refractivity contribution in [3.8, 4) is 0 Å². The van der Waals surface area contributed by atoms with E-state index < -0.39 is 44.0 Å². The van der Waals surface area contributed by atoms with E-state index in [4.69, 9.17) is 3.87 Å². The van der Waals surface area contributed by atoms with E-state index in [1.54, 1.807) is 13.1 Å². The predicted molar refractivity (Wildman–Crippen MR) is 143 cm³/mol. The molecule has 2 radical (unpaired) electrons. The number of hydrogen-bond donors (Lipinski definition) is 0. The summed E-state index contributed by atoms with van der Waals surface area (Å²) >= 11 is 0. The molecule has 0 aliphatic rings. The molecule has 0 N–H and O–H groups in total. The molecule has 0 fully saturated rings. The number of alkyl halides is 3. The van der Waals surface area contributed by atoms with Gasteiger partial charge in [-0.2, -0.15) is 21.6 Å². The number of hydrogen-bond acceptors (Lipinski definition) is 3. The quantitative estimate of drug-likeness (QED) is 0.245. The Kier molecular flexibility index (Phi) is 8.44. The van der Waals surface area contributed by atoms with Gasteiger partial charge in [-0.3, -0.25) is 0 Å². The van der Waals surface area contributed by atoms with Crippen molar-refractivity contribution in [3.05, 3.63) is 71.8 Å². The van der Waals surface area contributed by atoms with Crippen LogP contribution in [0, 0.1) is 0 Å². The van der Waals surface area contributed by atoms with Crippen LogP contribution < -0.4 is 0 Å². The highest BCUT2D eigenvalue weighted by molar-refractivity contribution is 7.88. The van der Waals surface area contributed by atoms with Crippen molar-refractivity contribution >= 4 is 44.1 Å². The van der Waals surface area contributed by atoms with Crippen LogP contribution in [0.1, 0.15) is 16.7 Å². The highest BCUT2D eigenvalue weighted by Crippen LogP contribution is 2.56. The summed E-state index contributed by atoms with van der Waals surface area (Å²) in [7, 11) is -13.7. The molecule has 3 nitrogen and oxygen atoms in total. The predicted octanol–water partition coefficient (Wildman–Crippen LogP) is 7.00. The van der Waals surface area contributed by atoms with E-state index in [1.165, 1.54) is 0 Å². The lowest BCUT2D eigenvalue weighted by molar-refractivity contribution is -0.0503. The van der Waals surface area contributed by atoms with Crippen LogP contribution in [0.15, 0.2) is 60.7 Å². The topological polar surface area (TPSA) is 43.4 Å². The third kappa shape index (κ3) is 5.70. The summed E-state index contributed by atoms with van der Waals surface area (Å²) in [5.41, 5.74) is -3.35. The zero-order valence-electron chi connectivity index (χ0n) is 21.1. The highest BCUT2D eigenvalue weighted by atomic mass is 32.2. The first-order valence-corrected chi connectivity index (χ1v) is 23.6. The molecule has 34 heavy (non-hydrogen) atoms. The van der Waals surface area contributed by atoms with Crippen LogP contribution in [0.3, 0.4) is 0 Å². The molecule has 0 aliphatic carbocycles. The first kappa shape index (κ1) is 29.2. The Labute approximate surface area is 208 Å². The molecular weight excluding hydrogens is 526 g/mol. The smallest absolute Gasteiger partial charge is 0.309 e. The molecule has 11 heteroatoms. The fourth-order valence-electron chi connectivity index (χ4n) is 5.79. The lowest BCUT2D eigenvalue weighted by Crippen LogP contribution is -2.71. The largest absolute Gasteiger partial charge is 0.522 e. The van der Waals surface area contributed by atoms with E-state index in [1.807, 2.05) is 60.7 Å². The first-order chi connectivity index (χ1) is 15.3. The Morgan fingerprint density at radius 1 is 0.735 bits per heavy atom. The van der Waals surface area contributed by atoms with E-state index in [0.717, 1.165) is 11.1 Å². The highest BCUT2D eigenvalue weighted by Gasteiger charge is 2.66. The molecule has 0 saturated heterocycles. The number of benzene rings is 2. The second-order valence-corrected chi connectivity index (χ2v) is 32.1. The first-order valence-electron chi connectivity index (χ1n) is 11.2. The Morgan fingerprint density at radius 3 is 1.38 bits per heavy atom. The normalized spacial score (nSPS) is 14.5. The minimum absolute atomic E-state index is 0.0650. The summed E-state index contributed by atoms with van der Waals surface area (Å²) in [4.78, 5) is 0. The molecule has 0 saturated carbocycles. The van der Waals surface area contributed by atoms with Crippen LogP contribution in [0.25, 0.3) is 0 Å². The minimum atomic E-state index is -5.71. The van der Waals surface area contributed by atoms with Crippen molar-refractivity contribution in [1.82, 2.24) is 0 Å². The van der Waals surface area contributed by atoms with Gasteiger partial charge in [0.1, 0.15) is 0 Å². The Bertz CT molecular complexity index is 1010. The molecule has 0 atom stereocenters. The van der Waals surface area contributed by atoms with E-state index >= 15 is 0 Å². The molecule has 0 heterocycles. The van der Waals surface area contributed by atoms with E-state index in [-0.39, 0.29) is 15.1 Å². The maximum Gasteiger partial charge on any atom is 0.522 e. The van der Waals surface area contributed by atoms with Gasteiger partial charge in [0.25, 0.3) is 0 Å². The second-order valence-electron chi connectivity index (χ2n) is 11.1.